The normalized spacial score (nSPS) is 24.5. The van der Waals surface area contributed by atoms with Gasteiger partial charge in [0.05, 0.1) is 0 Å². The van der Waals surface area contributed by atoms with Crippen LogP contribution in [0, 0.1) is 0 Å². The Bertz CT molecular complexity index is 496. The summed E-state index contributed by atoms with van der Waals surface area (Å²) in [6.07, 6.45) is 7.34. The highest BCUT2D eigenvalue weighted by molar-refractivity contribution is 6.35. The molecule has 1 N–H and O–H groups in total. The molecule has 3 rings (SSSR count). The minimum atomic E-state index is -0.418. The highest BCUT2D eigenvalue weighted by Crippen LogP contribution is 2.21. The minimum absolute atomic E-state index is 0.0288. The summed E-state index contributed by atoms with van der Waals surface area (Å²) >= 11 is 0. The first-order valence-corrected chi connectivity index (χ1v) is 9.18. The Labute approximate surface area is 143 Å². The lowest BCUT2D eigenvalue weighted by Gasteiger charge is -2.41. The van der Waals surface area contributed by atoms with Crippen LogP contribution >= 0.6 is 0 Å². The van der Waals surface area contributed by atoms with Gasteiger partial charge in [0.25, 0.3) is 0 Å². The Morgan fingerprint density at radius 3 is 2.25 bits per heavy atom. The topological polar surface area (TPSA) is 73.0 Å². The van der Waals surface area contributed by atoms with Gasteiger partial charge in [0.15, 0.2) is 0 Å². The second-order valence-electron chi connectivity index (χ2n) is 7.23. The number of nitrogens with zero attached hydrogens (tertiary/aromatic N) is 3. The van der Waals surface area contributed by atoms with Crippen LogP contribution in [0.4, 0.5) is 4.79 Å². The Kier molecular flexibility index (Phi) is 5.26. The van der Waals surface area contributed by atoms with Gasteiger partial charge in [-0.2, -0.15) is 0 Å². The first-order valence-electron chi connectivity index (χ1n) is 9.18. The van der Waals surface area contributed by atoms with Crippen LogP contribution in [0.1, 0.15) is 44.9 Å². The highest BCUT2D eigenvalue weighted by Gasteiger charge is 2.36. The molecule has 3 aliphatic rings. The van der Waals surface area contributed by atoms with Crippen molar-refractivity contribution in [3.8, 4) is 0 Å². The minimum Gasteiger partial charge on any atom is -0.336 e. The molecule has 134 valence electrons. The van der Waals surface area contributed by atoms with Crippen molar-refractivity contribution in [1.29, 1.82) is 0 Å². The second-order valence-corrected chi connectivity index (χ2v) is 7.23. The van der Waals surface area contributed by atoms with E-state index in [0.29, 0.717) is 32.2 Å². The van der Waals surface area contributed by atoms with Crippen LogP contribution in [0.25, 0.3) is 0 Å². The lowest BCUT2D eigenvalue weighted by atomic mass is 9.95. The molecule has 7 nitrogen and oxygen atoms in total. The molecule has 4 amide bonds. The van der Waals surface area contributed by atoms with Crippen molar-refractivity contribution >= 4 is 17.8 Å². The predicted octanol–water partition coefficient (Wildman–Crippen LogP) is 0.794. The number of hydrogen-bond acceptors (Lipinski definition) is 3. The van der Waals surface area contributed by atoms with Crippen molar-refractivity contribution in [2.75, 3.05) is 33.2 Å². The molecule has 0 aromatic carbocycles. The summed E-state index contributed by atoms with van der Waals surface area (Å²) in [6, 6.07) is 0.427. The zero-order chi connectivity index (χ0) is 17.1. The van der Waals surface area contributed by atoms with E-state index in [2.05, 4.69) is 5.32 Å². The third-order valence-electron chi connectivity index (χ3n) is 5.59. The van der Waals surface area contributed by atoms with Gasteiger partial charge in [0, 0.05) is 45.3 Å². The quantitative estimate of drug-likeness (QED) is 0.758. The fraction of sp³-hybridized carbons (Fsp3) is 0.824. The molecular weight excluding hydrogens is 308 g/mol. The number of rotatable bonds is 2. The van der Waals surface area contributed by atoms with Crippen LogP contribution in [0.3, 0.4) is 0 Å². The summed E-state index contributed by atoms with van der Waals surface area (Å²) in [6.45, 7) is 2.49. The fourth-order valence-corrected chi connectivity index (χ4v) is 3.99. The molecule has 24 heavy (non-hydrogen) atoms. The lowest BCUT2D eigenvalue weighted by Crippen LogP contribution is -2.59. The summed E-state index contributed by atoms with van der Waals surface area (Å²) in [7, 11) is 1.66. The third kappa shape index (κ3) is 3.65. The summed E-state index contributed by atoms with van der Waals surface area (Å²) in [5.74, 6) is -0.812. The van der Waals surface area contributed by atoms with Crippen LogP contribution in [0.2, 0.25) is 0 Å². The van der Waals surface area contributed by atoms with Gasteiger partial charge in [-0.05, 0) is 25.7 Å². The highest BCUT2D eigenvalue weighted by atomic mass is 16.2. The van der Waals surface area contributed by atoms with Crippen molar-refractivity contribution in [3.63, 3.8) is 0 Å². The first kappa shape index (κ1) is 17.0. The predicted molar refractivity (Wildman–Crippen MR) is 89.3 cm³/mol. The molecule has 0 unspecified atom stereocenters. The molecule has 1 saturated carbocycles. The van der Waals surface area contributed by atoms with Crippen molar-refractivity contribution < 1.29 is 14.4 Å². The molecule has 0 bridgehead atoms. The number of likely N-dealkylation sites (N-methyl/N-ethyl adjacent to an activating group) is 1. The molecule has 0 radical (unpaired) electrons. The SMILES string of the molecule is CN1CCN(C2CCN(C(=O)NC3CCCCC3)CC2)C(=O)C1=O. The molecule has 0 aromatic rings. The number of carbonyl (C=O) groups excluding carboxylic acids is 3. The maximum absolute atomic E-state index is 12.4. The first-order chi connectivity index (χ1) is 11.6. The zero-order valence-electron chi connectivity index (χ0n) is 14.5. The van der Waals surface area contributed by atoms with Crippen LogP contribution < -0.4 is 5.32 Å². The van der Waals surface area contributed by atoms with E-state index in [1.165, 1.54) is 24.2 Å². The van der Waals surface area contributed by atoms with Gasteiger partial charge < -0.3 is 20.0 Å². The number of nitrogens with one attached hydrogen (secondary N) is 1. The van der Waals surface area contributed by atoms with Crippen LogP contribution in [-0.4, -0.2) is 77.9 Å². The van der Waals surface area contributed by atoms with Crippen LogP contribution in [-0.2, 0) is 9.59 Å². The number of carbonyl (C=O) groups is 3. The fourth-order valence-electron chi connectivity index (χ4n) is 3.99. The molecule has 2 saturated heterocycles. The second kappa shape index (κ2) is 7.40. The summed E-state index contributed by atoms with van der Waals surface area (Å²) in [5.41, 5.74) is 0. The Morgan fingerprint density at radius 2 is 1.58 bits per heavy atom. The maximum atomic E-state index is 12.4. The molecule has 3 fully saturated rings. The van der Waals surface area contributed by atoms with Gasteiger partial charge in [0.2, 0.25) is 0 Å². The number of urea groups is 1. The summed E-state index contributed by atoms with van der Waals surface area (Å²) in [4.78, 5) is 41.4. The van der Waals surface area contributed by atoms with Crippen LogP contribution in [0.15, 0.2) is 0 Å². The van der Waals surface area contributed by atoms with E-state index in [1.807, 2.05) is 4.90 Å². The van der Waals surface area contributed by atoms with Gasteiger partial charge in [-0.15, -0.1) is 0 Å². The molecule has 0 spiro atoms. The average Bonchev–Trinajstić information content (AvgIpc) is 2.61. The molecular formula is C17H28N4O3. The standard InChI is InChI=1S/C17H28N4O3/c1-19-11-12-21(16(23)15(19)22)14-7-9-20(10-8-14)17(24)18-13-5-3-2-4-6-13/h13-14H,2-12H2,1H3,(H,18,24). The van der Waals surface area contributed by atoms with Gasteiger partial charge in [0.1, 0.15) is 0 Å². The molecule has 2 aliphatic heterocycles. The third-order valence-corrected chi connectivity index (χ3v) is 5.59. The Balaban J connectivity index is 1.47. The van der Waals surface area contributed by atoms with Gasteiger partial charge >= 0.3 is 17.8 Å². The lowest BCUT2D eigenvalue weighted by molar-refractivity contribution is -0.157. The van der Waals surface area contributed by atoms with E-state index < -0.39 is 11.8 Å². The Hall–Kier alpha value is -1.79. The molecule has 0 aromatic heterocycles. The number of piperazine rings is 1. The molecule has 2 heterocycles. The van der Waals surface area contributed by atoms with Gasteiger partial charge in [-0.25, -0.2) is 4.79 Å². The van der Waals surface area contributed by atoms with E-state index in [0.717, 1.165) is 25.7 Å². The number of amides is 4. The van der Waals surface area contributed by atoms with E-state index in [9.17, 15) is 14.4 Å². The van der Waals surface area contributed by atoms with E-state index in [4.69, 9.17) is 0 Å². The summed E-state index contributed by atoms with van der Waals surface area (Å²) in [5, 5.41) is 3.15. The van der Waals surface area contributed by atoms with Crippen molar-refractivity contribution in [3.05, 3.63) is 0 Å². The molecule has 0 atom stereocenters. The zero-order valence-corrected chi connectivity index (χ0v) is 14.5. The Morgan fingerprint density at radius 1 is 0.917 bits per heavy atom. The molecule has 7 heteroatoms. The largest absolute Gasteiger partial charge is 0.336 e. The number of likely N-dealkylation sites (tertiary alicyclic amines) is 1. The van der Waals surface area contributed by atoms with Gasteiger partial charge in [-0.1, -0.05) is 19.3 Å². The monoisotopic (exact) mass is 336 g/mol. The maximum Gasteiger partial charge on any atom is 0.317 e. The average molecular weight is 336 g/mol. The summed E-state index contributed by atoms with van der Waals surface area (Å²) < 4.78 is 0. The van der Waals surface area contributed by atoms with E-state index in [1.54, 1.807) is 11.9 Å². The van der Waals surface area contributed by atoms with E-state index in [-0.39, 0.29) is 12.1 Å². The van der Waals surface area contributed by atoms with Crippen molar-refractivity contribution in [2.45, 2.75) is 57.0 Å². The van der Waals surface area contributed by atoms with Gasteiger partial charge in [-0.3, -0.25) is 9.59 Å². The van der Waals surface area contributed by atoms with Crippen molar-refractivity contribution in [2.24, 2.45) is 0 Å². The number of piperidine rings is 1. The smallest absolute Gasteiger partial charge is 0.317 e. The van der Waals surface area contributed by atoms with Crippen molar-refractivity contribution in [1.82, 2.24) is 20.0 Å². The molecule has 1 aliphatic carbocycles. The van der Waals surface area contributed by atoms with Crippen LogP contribution in [0.5, 0.6) is 0 Å². The number of hydrogen-bond donors (Lipinski definition) is 1. The van der Waals surface area contributed by atoms with E-state index >= 15 is 0 Å².